The molecule has 2 heterocycles. The van der Waals surface area contributed by atoms with Crippen molar-refractivity contribution in [3.63, 3.8) is 0 Å². The predicted octanol–water partition coefficient (Wildman–Crippen LogP) is 1.28. The number of likely N-dealkylation sites (tertiary alicyclic amines) is 1. The van der Waals surface area contributed by atoms with Crippen LogP contribution in [0.15, 0.2) is 30.6 Å². The molecule has 0 bridgehead atoms. The fraction of sp³-hybridized carbons (Fsp3) is 0.400. The number of aromatic nitrogens is 2. The third-order valence-corrected chi connectivity index (χ3v) is 5.73. The summed E-state index contributed by atoms with van der Waals surface area (Å²) in [7, 11) is -3.02. The van der Waals surface area contributed by atoms with E-state index in [-0.39, 0.29) is 11.2 Å². The zero-order chi connectivity index (χ0) is 15.7. The van der Waals surface area contributed by atoms with E-state index < -0.39 is 9.84 Å². The molecule has 1 fully saturated rings. The van der Waals surface area contributed by atoms with Gasteiger partial charge in [-0.05, 0) is 31.0 Å². The van der Waals surface area contributed by atoms with Crippen LogP contribution in [0.1, 0.15) is 23.2 Å². The molecule has 0 N–H and O–H groups in total. The van der Waals surface area contributed by atoms with Gasteiger partial charge in [-0.1, -0.05) is 0 Å². The number of sulfone groups is 1. The van der Waals surface area contributed by atoms with Crippen LogP contribution in [0.4, 0.5) is 0 Å². The topological polar surface area (TPSA) is 80.2 Å². The third kappa shape index (κ3) is 2.94. The summed E-state index contributed by atoms with van der Waals surface area (Å²) in [5, 5.41) is -0.334. The first-order valence-electron chi connectivity index (χ1n) is 7.14. The summed E-state index contributed by atoms with van der Waals surface area (Å²) in [6.07, 6.45) is 5.46. The number of carbonyl (C=O) groups is 1. The smallest absolute Gasteiger partial charge is 0.253 e. The first-order chi connectivity index (χ1) is 10.4. The molecule has 116 valence electrons. The fourth-order valence-electron chi connectivity index (χ4n) is 2.77. The Morgan fingerprint density at radius 3 is 2.41 bits per heavy atom. The highest BCUT2D eigenvalue weighted by Crippen LogP contribution is 2.20. The van der Waals surface area contributed by atoms with Gasteiger partial charge in [0.25, 0.3) is 5.91 Å². The van der Waals surface area contributed by atoms with Crippen molar-refractivity contribution in [2.24, 2.45) is 0 Å². The van der Waals surface area contributed by atoms with Gasteiger partial charge in [0.15, 0.2) is 0 Å². The number of hydrogen-bond donors (Lipinski definition) is 0. The van der Waals surface area contributed by atoms with Gasteiger partial charge in [0.2, 0.25) is 0 Å². The first-order valence-corrected chi connectivity index (χ1v) is 9.09. The minimum Gasteiger partial charge on any atom is -0.339 e. The molecule has 0 saturated carbocycles. The number of fused-ring (bicyclic) bond motifs is 1. The average Bonchev–Trinajstić information content (AvgIpc) is 2.53. The number of nitrogens with zero attached hydrogens (tertiary/aromatic N) is 3. The van der Waals surface area contributed by atoms with Crippen molar-refractivity contribution in [2.75, 3.05) is 19.3 Å². The van der Waals surface area contributed by atoms with Gasteiger partial charge < -0.3 is 4.90 Å². The molecule has 1 aromatic carbocycles. The van der Waals surface area contributed by atoms with Gasteiger partial charge in [-0.2, -0.15) is 0 Å². The summed E-state index contributed by atoms with van der Waals surface area (Å²) in [6.45, 7) is 0.935. The van der Waals surface area contributed by atoms with E-state index in [2.05, 4.69) is 9.97 Å². The Hall–Kier alpha value is -2.02. The van der Waals surface area contributed by atoms with Crippen LogP contribution in [-0.2, 0) is 9.84 Å². The van der Waals surface area contributed by atoms with Crippen molar-refractivity contribution in [2.45, 2.75) is 18.1 Å². The second kappa shape index (κ2) is 5.64. The van der Waals surface area contributed by atoms with E-state index >= 15 is 0 Å². The van der Waals surface area contributed by atoms with Crippen molar-refractivity contribution in [1.82, 2.24) is 14.9 Å². The summed E-state index contributed by atoms with van der Waals surface area (Å²) in [5.74, 6) is -0.0838. The van der Waals surface area contributed by atoms with Crippen molar-refractivity contribution in [3.05, 3.63) is 36.2 Å². The van der Waals surface area contributed by atoms with Crippen molar-refractivity contribution >= 4 is 26.8 Å². The van der Waals surface area contributed by atoms with Crippen molar-refractivity contribution < 1.29 is 13.2 Å². The number of benzene rings is 1. The minimum atomic E-state index is -3.02. The Balaban J connectivity index is 1.76. The number of hydrogen-bond acceptors (Lipinski definition) is 5. The Labute approximate surface area is 129 Å². The van der Waals surface area contributed by atoms with Crippen LogP contribution in [0.3, 0.4) is 0 Å². The zero-order valence-electron chi connectivity index (χ0n) is 12.3. The van der Waals surface area contributed by atoms with E-state index in [9.17, 15) is 13.2 Å². The minimum absolute atomic E-state index is 0.0838. The summed E-state index contributed by atoms with van der Waals surface area (Å²) < 4.78 is 23.1. The highest BCUT2D eigenvalue weighted by molar-refractivity contribution is 7.91. The molecule has 0 spiro atoms. The Kier molecular flexibility index (Phi) is 3.82. The molecule has 6 nitrogen and oxygen atoms in total. The van der Waals surface area contributed by atoms with Gasteiger partial charge in [-0.3, -0.25) is 14.8 Å². The lowest BCUT2D eigenvalue weighted by Crippen LogP contribution is -2.42. The largest absolute Gasteiger partial charge is 0.339 e. The van der Waals surface area contributed by atoms with E-state index in [1.54, 1.807) is 35.5 Å². The van der Waals surface area contributed by atoms with Gasteiger partial charge >= 0.3 is 0 Å². The lowest BCUT2D eigenvalue weighted by molar-refractivity contribution is 0.0726. The predicted molar refractivity (Wildman–Crippen MR) is 83.3 cm³/mol. The SMILES string of the molecule is CS(=O)(=O)C1CCN(C(=O)c2ccc3nccnc3c2)CC1. The molecular weight excluding hydrogens is 302 g/mol. The van der Waals surface area contributed by atoms with E-state index in [1.165, 1.54) is 6.26 Å². The molecule has 0 unspecified atom stereocenters. The van der Waals surface area contributed by atoms with Crippen LogP contribution in [0.25, 0.3) is 11.0 Å². The number of piperidine rings is 1. The van der Waals surface area contributed by atoms with E-state index in [4.69, 9.17) is 0 Å². The highest BCUT2D eigenvalue weighted by Gasteiger charge is 2.29. The molecule has 22 heavy (non-hydrogen) atoms. The maximum absolute atomic E-state index is 12.5. The Bertz CT molecular complexity index is 812. The number of rotatable bonds is 2. The van der Waals surface area contributed by atoms with Gasteiger partial charge in [-0.15, -0.1) is 0 Å². The molecule has 1 saturated heterocycles. The highest BCUT2D eigenvalue weighted by atomic mass is 32.2. The maximum Gasteiger partial charge on any atom is 0.253 e. The van der Waals surface area contributed by atoms with Gasteiger partial charge in [0.05, 0.1) is 16.3 Å². The van der Waals surface area contributed by atoms with Gasteiger partial charge in [0.1, 0.15) is 9.84 Å². The fourth-order valence-corrected chi connectivity index (χ4v) is 3.83. The molecule has 0 aliphatic carbocycles. The molecule has 1 aromatic heterocycles. The quantitative estimate of drug-likeness (QED) is 0.833. The normalized spacial score (nSPS) is 16.9. The summed E-state index contributed by atoms with van der Waals surface area (Å²) in [4.78, 5) is 22.6. The second-order valence-corrected chi connectivity index (χ2v) is 7.91. The van der Waals surface area contributed by atoms with Crippen LogP contribution in [0, 0.1) is 0 Å². The van der Waals surface area contributed by atoms with Crippen molar-refractivity contribution in [1.29, 1.82) is 0 Å². The van der Waals surface area contributed by atoms with Crippen LogP contribution >= 0.6 is 0 Å². The third-order valence-electron chi connectivity index (χ3n) is 4.05. The van der Waals surface area contributed by atoms with Crippen LogP contribution in [-0.4, -0.2) is 53.8 Å². The van der Waals surface area contributed by atoms with E-state index in [0.717, 1.165) is 5.52 Å². The Morgan fingerprint density at radius 2 is 1.77 bits per heavy atom. The Morgan fingerprint density at radius 1 is 1.14 bits per heavy atom. The van der Waals surface area contributed by atoms with E-state index in [0.29, 0.717) is 37.0 Å². The van der Waals surface area contributed by atoms with Gasteiger partial charge in [0, 0.05) is 37.3 Å². The first kappa shape index (κ1) is 14.9. The molecule has 2 aromatic rings. The summed E-state index contributed by atoms with van der Waals surface area (Å²) in [5.41, 5.74) is 1.99. The zero-order valence-corrected chi connectivity index (χ0v) is 13.1. The van der Waals surface area contributed by atoms with Crippen molar-refractivity contribution in [3.8, 4) is 0 Å². The molecule has 1 amide bonds. The van der Waals surface area contributed by atoms with Crippen LogP contribution in [0.2, 0.25) is 0 Å². The molecule has 0 radical (unpaired) electrons. The standard InChI is InChI=1S/C15H17N3O3S/c1-22(20,21)12-4-8-18(9-5-12)15(19)11-2-3-13-14(10-11)17-7-6-16-13/h2-3,6-7,10,12H,4-5,8-9H2,1H3. The molecule has 1 aliphatic heterocycles. The lowest BCUT2D eigenvalue weighted by Gasteiger charge is -2.31. The summed E-state index contributed by atoms with van der Waals surface area (Å²) >= 11 is 0. The molecule has 7 heteroatoms. The molecule has 3 rings (SSSR count). The van der Waals surface area contributed by atoms with Crippen LogP contribution < -0.4 is 0 Å². The molecule has 1 aliphatic rings. The van der Waals surface area contributed by atoms with Crippen LogP contribution in [0.5, 0.6) is 0 Å². The average molecular weight is 319 g/mol. The second-order valence-electron chi connectivity index (χ2n) is 5.58. The maximum atomic E-state index is 12.5. The van der Waals surface area contributed by atoms with E-state index in [1.807, 2.05) is 0 Å². The lowest BCUT2D eigenvalue weighted by atomic mass is 10.1. The molecular formula is C15H17N3O3S. The number of amides is 1. The van der Waals surface area contributed by atoms with Gasteiger partial charge in [-0.25, -0.2) is 8.42 Å². The molecule has 0 atom stereocenters. The summed E-state index contributed by atoms with van der Waals surface area (Å²) in [6, 6.07) is 5.24. The monoisotopic (exact) mass is 319 g/mol. The number of carbonyl (C=O) groups excluding carboxylic acids is 1.